The number of aromatic carboxylic acids is 1. The van der Waals surface area contributed by atoms with Crippen LogP contribution in [0.15, 0.2) is 42.6 Å². The summed E-state index contributed by atoms with van der Waals surface area (Å²) >= 11 is 5.85. The van der Waals surface area contributed by atoms with E-state index >= 15 is 0 Å². The number of carbonyl (C=O) groups is 3. The maximum atomic E-state index is 14.7. The number of nitrogens with zero attached hydrogens (tertiary/aromatic N) is 2. The largest absolute Gasteiger partial charge is 0.478 e. The number of cyclic esters (lactones) is 1. The molecule has 3 atom stereocenters. The van der Waals surface area contributed by atoms with Crippen LogP contribution >= 0.6 is 11.6 Å². The number of aromatic nitrogens is 1. The zero-order chi connectivity index (χ0) is 29.4. The first kappa shape index (κ1) is 28.5. The Balaban J connectivity index is 1.54. The van der Waals surface area contributed by atoms with Crippen molar-refractivity contribution in [1.29, 1.82) is 0 Å². The molecule has 2 amide bonds. The van der Waals surface area contributed by atoms with Gasteiger partial charge in [0.15, 0.2) is 5.82 Å². The number of hydrogen-bond acceptors (Lipinski definition) is 5. The van der Waals surface area contributed by atoms with E-state index in [0.717, 1.165) is 12.1 Å². The maximum Gasteiger partial charge on any atom is 0.410 e. The highest BCUT2D eigenvalue weighted by Crippen LogP contribution is 2.40. The average Bonchev–Trinajstić information content (AvgIpc) is 2.93. The van der Waals surface area contributed by atoms with Crippen molar-refractivity contribution in [3.05, 3.63) is 81.6 Å². The highest BCUT2D eigenvalue weighted by molar-refractivity contribution is 6.30. The molecule has 5 rings (SSSR count). The number of nitrogens with one attached hydrogen (secondary N) is 1. The number of rotatable bonds is 3. The Bertz CT molecular complexity index is 1550. The van der Waals surface area contributed by atoms with Gasteiger partial charge in [0.2, 0.25) is 5.91 Å². The van der Waals surface area contributed by atoms with Gasteiger partial charge in [0.1, 0.15) is 11.9 Å². The first-order chi connectivity index (χ1) is 19.6. The van der Waals surface area contributed by atoms with Crippen LogP contribution in [0.2, 0.25) is 5.02 Å². The van der Waals surface area contributed by atoms with Crippen LogP contribution in [0.3, 0.4) is 0 Å². The highest BCUT2D eigenvalue weighted by Gasteiger charge is 2.37. The molecule has 1 fully saturated rings. The van der Waals surface area contributed by atoms with E-state index in [1.807, 2.05) is 0 Å². The number of carboxylic acids is 1. The molecule has 214 valence electrons. The van der Waals surface area contributed by atoms with Gasteiger partial charge < -0.3 is 15.2 Å². The summed E-state index contributed by atoms with van der Waals surface area (Å²) in [7, 11) is 0. The van der Waals surface area contributed by atoms with E-state index in [1.165, 1.54) is 11.0 Å². The van der Waals surface area contributed by atoms with Crippen LogP contribution in [0, 0.1) is 24.5 Å². The molecule has 41 heavy (non-hydrogen) atoms. The van der Waals surface area contributed by atoms with Gasteiger partial charge in [-0.1, -0.05) is 24.9 Å². The highest BCUT2D eigenvalue weighted by atomic mass is 35.5. The topological polar surface area (TPSA) is 109 Å². The molecule has 0 radical (unpaired) electrons. The van der Waals surface area contributed by atoms with Crippen molar-refractivity contribution in [3.8, 4) is 11.1 Å². The van der Waals surface area contributed by atoms with E-state index < -0.39 is 35.8 Å². The lowest BCUT2D eigenvalue weighted by molar-refractivity contribution is -0.119. The van der Waals surface area contributed by atoms with Crippen molar-refractivity contribution in [2.45, 2.75) is 51.7 Å². The molecule has 2 aliphatic heterocycles. The van der Waals surface area contributed by atoms with E-state index in [-0.39, 0.29) is 40.9 Å². The first-order valence-corrected chi connectivity index (χ1v) is 13.7. The zero-order valence-electron chi connectivity index (χ0n) is 22.4. The molecule has 0 spiro atoms. The van der Waals surface area contributed by atoms with Gasteiger partial charge in [0.25, 0.3) is 0 Å². The normalized spacial score (nSPS) is 21.2. The number of ether oxygens (including phenoxy) is 1. The molecule has 0 saturated carbocycles. The lowest BCUT2D eigenvalue weighted by Crippen LogP contribution is -2.42. The van der Waals surface area contributed by atoms with E-state index in [4.69, 9.17) is 16.3 Å². The SMILES string of the molecule is Cc1c(C(=O)O)ccc2c1-c1ccnc(c1)[C@@H](N1CC[C@H](c3c(F)ccc(Cl)c3F)OC1=O)CCC[C@@H](C)C(=O)N2. The number of carbonyl (C=O) groups excluding carboxylic acids is 2. The van der Waals surface area contributed by atoms with Crippen molar-refractivity contribution in [1.82, 2.24) is 9.88 Å². The van der Waals surface area contributed by atoms with Crippen LogP contribution in [0.1, 0.15) is 71.9 Å². The summed E-state index contributed by atoms with van der Waals surface area (Å²) in [5, 5.41) is 12.4. The molecule has 2 N–H and O–H groups in total. The smallest absolute Gasteiger partial charge is 0.410 e. The number of benzene rings is 2. The summed E-state index contributed by atoms with van der Waals surface area (Å²) in [5.74, 6) is -3.46. The quantitative estimate of drug-likeness (QED) is 0.319. The third-order valence-electron chi connectivity index (χ3n) is 7.81. The van der Waals surface area contributed by atoms with E-state index in [1.54, 1.807) is 38.2 Å². The van der Waals surface area contributed by atoms with E-state index in [2.05, 4.69) is 10.3 Å². The number of pyridine rings is 1. The predicted molar refractivity (Wildman–Crippen MR) is 148 cm³/mol. The third-order valence-corrected chi connectivity index (χ3v) is 8.11. The maximum absolute atomic E-state index is 14.7. The Morgan fingerprint density at radius 2 is 1.93 bits per heavy atom. The van der Waals surface area contributed by atoms with Gasteiger partial charge >= 0.3 is 12.1 Å². The van der Waals surface area contributed by atoms with E-state index in [9.17, 15) is 28.3 Å². The van der Waals surface area contributed by atoms with Crippen molar-refractivity contribution >= 4 is 35.3 Å². The summed E-state index contributed by atoms with van der Waals surface area (Å²) in [6.07, 6.45) is 1.36. The predicted octanol–water partition coefficient (Wildman–Crippen LogP) is 7.07. The fourth-order valence-electron chi connectivity index (χ4n) is 5.59. The molecule has 1 aromatic heterocycles. The van der Waals surface area contributed by atoms with Crippen molar-refractivity contribution < 1.29 is 33.0 Å². The molecule has 2 bridgehead atoms. The number of anilines is 1. The van der Waals surface area contributed by atoms with E-state index in [0.29, 0.717) is 47.3 Å². The van der Waals surface area contributed by atoms with Gasteiger partial charge in [-0.3, -0.25) is 14.7 Å². The first-order valence-electron chi connectivity index (χ1n) is 13.3. The lowest BCUT2D eigenvalue weighted by Gasteiger charge is -2.37. The fourth-order valence-corrected chi connectivity index (χ4v) is 5.76. The van der Waals surface area contributed by atoms with Gasteiger partial charge in [-0.25, -0.2) is 18.4 Å². The van der Waals surface area contributed by atoms with Crippen molar-refractivity contribution in [3.63, 3.8) is 0 Å². The Morgan fingerprint density at radius 1 is 1.15 bits per heavy atom. The Kier molecular flexibility index (Phi) is 7.95. The Labute approximate surface area is 240 Å². The molecule has 2 aliphatic rings. The van der Waals surface area contributed by atoms with Gasteiger partial charge in [0, 0.05) is 36.3 Å². The molecule has 2 aromatic carbocycles. The minimum absolute atomic E-state index is 0.0965. The molecule has 11 heteroatoms. The average molecular weight is 584 g/mol. The van der Waals surface area contributed by atoms with Crippen molar-refractivity contribution in [2.24, 2.45) is 5.92 Å². The van der Waals surface area contributed by atoms with Gasteiger partial charge in [-0.2, -0.15) is 0 Å². The minimum Gasteiger partial charge on any atom is -0.478 e. The zero-order valence-corrected chi connectivity index (χ0v) is 23.2. The second-order valence-electron chi connectivity index (χ2n) is 10.4. The molecule has 0 aliphatic carbocycles. The van der Waals surface area contributed by atoms with Gasteiger partial charge in [-0.15, -0.1) is 0 Å². The number of amides is 2. The van der Waals surface area contributed by atoms with Crippen LogP contribution in [-0.2, 0) is 9.53 Å². The number of hydrogen-bond donors (Lipinski definition) is 2. The van der Waals surface area contributed by atoms with Crippen LogP contribution in [0.4, 0.5) is 19.3 Å². The van der Waals surface area contributed by atoms with Crippen molar-refractivity contribution in [2.75, 3.05) is 11.9 Å². The van der Waals surface area contributed by atoms with Gasteiger partial charge in [-0.05, 0) is 67.3 Å². The molecular formula is C30H28ClF2N3O5. The summed E-state index contributed by atoms with van der Waals surface area (Å²) < 4.78 is 34.7. The van der Waals surface area contributed by atoms with Gasteiger partial charge in [0.05, 0.1) is 27.9 Å². The third kappa shape index (κ3) is 5.48. The lowest BCUT2D eigenvalue weighted by atomic mass is 9.91. The monoisotopic (exact) mass is 583 g/mol. The molecule has 8 nitrogen and oxygen atoms in total. The number of halogens is 3. The number of fused-ring (bicyclic) bond motifs is 4. The number of carboxylic acid groups (broad SMARTS) is 1. The molecule has 1 saturated heterocycles. The van der Waals surface area contributed by atoms with Crippen LogP contribution in [0.25, 0.3) is 11.1 Å². The minimum atomic E-state index is -1.14. The summed E-state index contributed by atoms with van der Waals surface area (Å²) in [4.78, 5) is 44.3. The van der Waals surface area contributed by atoms with Crippen LogP contribution in [0.5, 0.6) is 0 Å². The Hall–Kier alpha value is -4.05. The molecule has 3 aromatic rings. The van der Waals surface area contributed by atoms with Crippen LogP contribution < -0.4 is 5.32 Å². The molecule has 0 unspecified atom stereocenters. The molecule has 3 heterocycles. The standard InChI is InChI=1S/C30H28ClF2N3O5/c1-15-4-3-5-23(36-13-11-24(41-30(36)40)26-20(32)8-7-19(31)27(26)33)22-14-17(10-12-34-22)25-16(2)18(29(38)39)6-9-21(25)35-28(15)37/h6-10,12,14-15,23-24H,3-5,11,13H2,1-2H3,(H,35,37)(H,38,39)/t15-,23+,24-/m1/s1. The second kappa shape index (κ2) is 11.4. The molecular weight excluding hydrogens is 556 g/mol. The summed E-state index contributed by atoms with van der Waals surface area (Å²) in [5.41, 5.74) is 2.37. The summed E-state index contributed by atoms with van der Waals surface area (Å²) in [6.45, 7) is 3.62. The second-order valence-corrected chi connectivity index (χ2v) is 10.8. The summed E-state index contributed by atoms with van der Waals surface area (Å²) in [6, 6.07) is 8.12. The fraction of sp³-hybridized carbons (Fsp3) is 0.333. The Morgan fingerprint density at radius 3 is 2.66 bits per heavy atom. The van der Waals surface area contributed by atoms with Crippen LogP contribution in [-0.4, -0.2) is 39.5 Å².